The fourth-order valence-corrected chi connectivity index (χ4v) is 3.14. The number of ether oxygens (including phenoxy) is 1. The second-order valence-corrected chi connectivity index (χ2v) is 5.64. The lowest BCUT2D eigenvalue weighted by Gasteiger charge is -2.43. The summed E-state index contributed by atoms with van der Waals surface area (Å²) >= 11 is 5.93. The van der Waals surface area contributed by atoms with E-state index in [0.29, 0.717) is 17.2 Å². The average Bonchev–Trinajstić information content (AvgIpc) is 2.92. The van der Waals surface area contributed by atoms with Crippen molar-refractivity contribution in [3.8, 4) is 0 Å². The highest BCUT2D eigenvalue weighted by Gasteiger charge is 2.31. The Balaban J connectivity index is 1.66. The number of nitrogens with zero attached hydrogens (tertiary/aromatic N) is 4. The molecule has 2 fully saturated rings. The fraction of sp³-hybridized carbons (Fsp3) is 0.692. The number of halogens is 1. The molecule has 1 aromatic heterocycles. The maximum atomic E-state index is 5.93. The first kappa shape index (κ1) is 13.1. The van der Waals surface area contributed by atoms with Crippen LogP contribution in [0.15, 0.2) is 12.4 Å². The maximum Gasteiger partial charge on any atom is 0.134 e. The topological polar surface area (TPSA) is 41.5 Å². The molecule has 19 heavy (non-hydrogen) atoms. The molecule has 2 saturated heterocycles. The number of piperazine rings is 1. The van der Waals surface area contributed by atoms with Crippen LogP contribution in [0.5, 0.6) is 0 Å². The van der Waals surface area contributed by atoms with Gasteiger partial charge in [-0.05, 0) is 13.3 Å². The summed E-state index contributed by atoms with van der Waals surface area (Å²) in [6.07, 6.45) is 2.68. The van der Waals surface area contributed by atoms with Crippen LogP contribution in [0.25, 0.3) is 0 Å². The molecular formula is C13H19ClN4O. The molecule has 0 N–H and O–H groups in total. The van der Waals surface area contributed by atoms with Gasteiger partial charge in [0.2, 0.25) is 0 Å². The number of hydrogen-bond acceptors (Lipinski definition) is 5. The molecule has 3 heterocycles. The first-order valence-electron chi connectivity index (χ1n) is 6.80. The van der Waals surface area contributed by atoms with Crippen molar-refractivity contribution < 1.29 is 4.74 Å². The zero-order valence-corrected chi connectivity index (χ0v) is 11.9. The van der Waals surface area contributed by atoms with E-state index in [1.54, 1.807) is 0 Å². The van der Waals surface area contributed by atoms with Crippen LogP contribution in [0, 0.1) is 0 Å². The molecule has 0 spiro atoms. The zero-order chi connectivity index (χ0) is 13.2. The van der Waals surface area contributed by atoms with E-state index in [2.05, 4.69) is 26.7 Å². The molecule has 104 valence electrons. The molecule has 1 aromatic rings. The van der Waals surface area contributed by atoms with Gasteiger partial charge in [0.1, 0.15) is 17.3 Å². The first-order valence-corrected chi connectivity index (χ1v) is 7.18. The van der Waals surface area contributed by atoms with Gasteiger partial charge in [-0.2, -0.15) is 0 Å². The Bertz CT molecular complexity index is 438. The van der Waals surface area contributed by atoms with Crippen molar-refractivity contribution in [2.75, 3.05) is 37.7 Å². The summed E-state index contributed by atoms with van der Waals surface area (Å²) in [5.74, 6) is 0.925. The Hall–Kier alpha value is -0.910. The monoisotopic (exact) mass is 282 g/mol. The van der Waals surface area contributed by atoms with Crippen LogP contribution in [0.2, 0.25) is 5.15 Å². The second-order valence-electron chi connectivity index (χ2n) is 5.25. The van der Waals surface area contributed by atoms with Gasteiger partial charge in [0.25, 0.3) is 0 Å². The van der Waals surface area contributed by atoms with Crippen LogP contribution in [0.1, 0.15) is 13.3 Å². The summed E-state index contributed by atoms with van der Waals surface area (Å²) in [6, 6.07) is 2.93. The lowest BCUT2D eigenvalue weighted by Crippen LogP contribution is -2.55. The fourth-order valence-electron chi connectivity index (χ4n) is 3.00. The van der Waals surface area contributed by atoms with E-state index in [1.807, 2.05) is 6.07 Å². The first-order chi connectivity index (χ1) is 9.24. The summed E-state index contributed by atoms with van der Waals surface area (Å²) in [4.78, 5) is 13.1. The number of aromatic nitrogens is 2. The molecule has 0 aliphatic carbocycles. The normalized spacial score (nSPS) is 28.8. The van der Waals surface area contributed by atoms with Crippen LogP contribution in [0.4, 0.5) is 5.82 Å². The molecular weight excluding hydrogens is 264 g/mol. The molecule has 2 atom stereocenters. The van der Waals surface area contributed by atoms with Crippen molar-refractivity contribution in [1.82, 2.24) is 14.9 Å². The van der Waals surface area contributed by atoms with Gasteiger partial charge in [0.15, 0.2) is 0 Å². The van der Waals surface area contributed by atoms with Crippen LogP contribution in [0.3, 0.4) is 0 Å². The van der Waals surface area contributed by atoms with Crippen LogP contribution in [-0.4, -0.2) is 59.8 Å². The van der Waals surface area contributed by atoms with Gasteiger partial charge in [0.05, 0.1) is 6.61 Å². The van der Waals surface area contributed by atoms with E-state index in [0.717, 1.165) is 45.1 Å². The summed E-state index contributed by atoms with van der Waals surface area (Å²) < 4.78 is 5.49. The molecule has 2 unspecified atom stereocenters. The highest BCUT2D eigenvalue weighted by atomic mass is 35.5. The minimum absolute atomic E-state index is 0.504. The summed E-state index contributed by atoms with van der Waals surface area (Å²) in [5, 5.41) is 0.504. The van der Waals surface area contributed by atoms with Gasteiger partial charge >= 0.3 is 0 Å². The molecule has 5 nitrogen and oxygen atoms in total. The molecule has 0 aromatic carbocycles. The van der Waals surface area contributed by atoms with Crippen molar-refractivity contribution in [3.63, 3.8) is 0 Å². The second kappa shape index (κ2) is 5.61. The molecule has 2 aliphatic heterocycles. The lowest BCUT2D eigenvalue weighted by atomic mass is 10.1. The van der Waals surface area contributed by atoms with E-state index < -0.39 is 0 Å². The van der Waals surface area contributed by atoms with Crippen molar-refractivity contribution >= 4 is 17.4 Å². The number of anilines is 1. The number of rotatable bonds is 2. The van der Waals surface area contributed by atoms with Crippen LogP contribution >= 0.6 is 11.6 Å². The SMILES string of the molecule is CC1CN(c2cc(Cl)ncn2)CCN1C1CCOC1. The van der Waals surface area contributed by atoms with Crippen molar-refractivity contribution in [2.24, 2.45) is 0 Å². The van der Waals surface area contributed by atoms with Gasteiger partial charge in [-0.15, -0.1) is 0 Å². The Morgan fingerprint density at radius 2 is 2.26 bits per heavy atom. The largest absolute Gasteiger partial charge is 0.380 e. The van der Waals surface area contributed by atoms with E-state index in [9.17, 15) is 0 Å². The van der Waals surface area contributed by atoms with Gasteiger partial charge in [-0.25, -0.2) is 9.97 Å². The third-order valence-electron chi connectivity index (χ3n) is 4.00. The average molecular weight is 283 g/mol. The molecule has 2 aliphatic rings. The maximum absolute atomic E-state index is 5.93. The summed E-state index contributed by atoms with van der Waals surface area (Å²) in [5.41, 5.74) is 0. The van der Waals surface area contributed by atoms with Gasteiger partial charge in [-0.1, -0.05) is 11.6 Å². The highest BCUT2D eigenvalue weighted by Crippen LogP contribution is 2.22. The third-order valence-corrected chi connectivity index (χ3v) is 4.20. The van der Waals surface area contributed by atoms with Crippen molar-refractivity contribution in [3.05, 3.63) is 17.5 Å². The van der Waals surface area contributed by atoms with Gasteiger partial charge < -0.3 is 9.64 Å². The van der Waals surface area contributed by atoms with Crippen molar-refractivity contribution in [2.45, 2.75) is 25.4 Å². The molecule has 6 heteroatoms. The van der Waals surface area contributed by atoms with Crippen molar-refractivity contribution in [1.29, 1.82) is 0 Å². The quantitative estimate of drug-likeness (QED) is 0.768. The highest BCUT2D eigenvalue weighted by molar-refractivity contribution is 6.29. The standard InChI is InChI=1S/C13H19ClN4O/c1-10-7-17(13-6-12(14)15-9-16-13)3-4-18(10)11-2-5-19-8-11/h6,9-11H,2-5,7-8H2,1H3. The Labute approximate surface area is 118 Å². The van der Waals surface area contributed by atoms with E-state index in [4.69, 9.17) is 16.3 Å². The Morgan fingerprint density at radius 1 is 1.37 bits per heavy atom. The van der Waals surface area contributed by atoms with Gasteiger partial charge in [0, 0.05) is 44.4 Å². The molecule has 0 amide bonds. The zero-order valence-electron chi connectivity index (χ0n) is 11.1. The van der Waals surface area contributed by atoms with Gasteiger partial charge in [-0.3, -0.25) is 4.90 Å². The predicted octanol–water partition coefficient (Wildman–Crippen LogP) is 1.43. The third kappa shape index (κ3) is 2.83. The Morgan fingerprint density at radius 3 is 2.95 bits per heavy atom. The predicted molar refractivity (Wildman–Crippen MR) is 74.6 cm³/mol. The molecule has 0 saturated carbocycles. The minimum Gasteiger partial charge on any atom is -0.380 e. The smallest absolute Gasteiger partial charge is 0.134 e. The number of hydrogen-bond donors (Lipinski definition) is 0. The molecule has 0 radical (unpaired) electrons. The lowest BCUT2D eigenvalue weighted by molar-refractivity contribution is 0.105. The van der Waals surface area contributed by atoms with Crippen LogP contribution in [-0.2, 0) is 4.74 Å². The van der Waals surface area contributed by atoms with E-state index >= 15 is 0 Å². The Kier molecular flexibility index (Phi) is 3.86. The summed E-state index contributed by atoms with van der Waals surface area (Å²) in [6.45, 7) is 7.06. The van der Waals surface area contributed by atoms with Crippen LogP contribution < -0.4 is 4.90 Å². The minimum atomic E-state index is 0.504. The van der Waals surface area contributed by atoms with E-state index in [1.165, 1.54) is 6.33 Å². The summed E-state index contributed by atoms with van der Waals surface area (Å²) in [7, 11) is 0. The molecule has 0 bridgehead atoms. The van der Waals surface area contributed by atoms with E-state index in [-0.39, 0.29) is 0 Å². The molecule has 3 rings (SSSR count).